The van der Waals surface area contributed by atoms with Gasteiger partial charge in [-0.3, -0.25) is 0 Å². The second kappa shape index (κ2) is 8.82. The van der Waals surface area contributed by atoms with E-state index in [0.717, 1.165) is 10.4 Å². The second-order valence-corrected chi connectivity index (χ2v) is 7.89. The summed E-state index contributed by atoms with van der Waals surface area (Å²) in [6, 6.07) is 1.74. The molecule has 1 aromatic rings. The molecule has 0 spiro atoms. The van der Waals surface area contributed by atoms with Crippen LogP contribution in [0.5, 0.6) is 0 Å². The molecule has 1 rings (SSSR count). The highest BCUT2D eigenvalue weighted by Gasteiger charge is 2.26. The summed E-state index contributed by atoms with van der Waals surface area (Å²) in [6.07, 6.45) is 0. The average molecular weight is 336 g/mol. The molecule has 0 aliphatic carbocycles. The molecule has 0 fully saturated rings. The van der Waals surface area contributed by atoms with E-state index in [0.29, 0.717) is 37.1 Å². The molecule has 1 heterocycles. The Morgan fingerprint density at radius 2 is 1.81 bits per heavy atom. The van der Waals surface area contributed by atoms with Crippen LogP contribution in [0.4, 0.5) is 0 Å². The fraction of sp³-hybridized carbons (Fsp3) is 0.692. The first kappa shape index (κ1) is 18.5. The zero-order valence-electron chi connectivity index (χ0n) is 13.0. The van der Waals surface area contributed by atoms with Crippen molar-refractivity contribution in [3.8, 4) is 0 Å². The Kier molecular flexibility index (Phi) is 7.78. The Morgan fingerprint density at radius 3 is 2.29 bits per heavy atom. The predicted molar refractivity (Wildman–Crippen MR) is 84.3 cm³/mol. The van der Waals surface area contributed by atoms with E-state index >= 15 is 0 Å². The first-order valence-corrected chi connectivity index (χ1v) is 8.95. The molecule has 0 saturated carbocycles. The van der Waals surface area contributed by atoms with E-state index in [2.05, 4.69) is 5.32 Å². The van der Waals surface area contributed by atoms with Gasteiger partial charge in [0.1, 0.15) is 4.21 Å². The monoisotopic (exact) mass is 336 g/mol. The highest BCUT2D eigenvalue weighted by atomic mass is 32.2. The van der Waals surface area contributed by atoms with Crippen LogP contribution in [0.15, 0.2) is 10.3 Å². The topological polar surface area (TPSA) is 67.9 Å². The van der Waals surface area contributed by atoms with Gasteiger partial charge in [0.05, 0.1) is 13.2 Å². The van der Waals surface area contributed by atoms with Crippen molar-refractivity contribution in [3.63, 3.8) is 0 Å². The molecule has 0 aliphatic heterocycles. The van der Waals surface area contributed by atoms with Crippen molar-refractivity contribution in [1.82, 2.24) is 9.62 Å². The minimum atomic E-state index is -3.50. The Morgan fingerprint density at radius 1 is 1.24 bits per heavy atom. The molecule has 0 saturated heterocycles. The SMILES string of the molecule is CNCc1sc(S(=O)(=O)N(CCOC)CCOC)cc1C. The summed E-state index contributed by atoms with van der Waals surface area (Å²) in [5, 5.41) is 3.05. The summed E-state index contributed by atoms with van der Waals surface area (Å²) >= 11 is 1.31. The van der Waals surface area contributed by atoms with Crippen LogP contribution >= 0.6 is 11.3 Å². The summed E-state index contributed by atoms with van der Waals surface area (Å²) in [5.74, 6) is 0. The summed E-state index contributed by atoms with van der Waals surface area (Å²) < 4.78 is 37.2. The molecule has 6 nitrogen and oxygen atoms in total. The van der Waals surface area contributed by atoms with Crippen molar-refractivity contribution in [2.24, 2.45) is 0 Å². The molecule has 0 atom stereocenters. The number of methoxy groups -OCH3 is 2. The van der Waals surface area contributed by atoms with Gasteiger partial charge in [-0.05, 0) is 25.6 Å². The predicted octanol–water partition coefficient (Wildman–Crippen LogP) is 1.06. The molecule has 0 aliphatic rings. The van der Waals surface area contributed by atoms with E-state index in [-0.39, 0.29) is 0 Å². The molecule has 8 heteroatoms. The van der Waals surface area contributed by atoms with Crippen LogP contribution in [-0.4, -0.2) is 60.3 Å². The fourth-order valence-electron chi connectivity index (χ4n) is 1.82. The number of aryl methyl sites for hydroxylation is 1. The molecular weight excluding hydrogens is 312 g/mol. The van der Waals surface area contributed by atoms with Crippen molar-refractivity contribution >= 4 is 21.4 Å². The quantitative estimate of drug-likeness (QED) is 0.692. The molecule has 1 aromatic heterocycles. The molecule has 0 bridgehead atoms. The number of ether oxygens (including phenoxy) is 2. The van der Waals surface area contributed by atoms with E-state index in [1.807, 2.05) is 14.0 Å². The number of hydrogen-bond donors (Lipinski definition) is 1. The third kappa shape index (κ3) is 5.01. The lowest BCUT2D eigenvalue weighted by Crippen LogP contribution is -2.36. The normalized spacial score (nSPS) is 12.2. The maximum absolute atomic E-state index is 12.7. The van der Waals surface area contributed by atoms with Gasteiger partial charge in [0.25, 0.3) is 10.0 Å². The third-order valence-electron chi connectivity index (χ3n) is 3.02. The number of nitrogens with zero attached hydrogens (tertiary/aromatic N) is 1. The van der Waals surface area contributed by atoms with Gasteiger partial charge < -0.3 is 14.8 Å². The highest BCUT2D eigenvalue weighted by Crippen LogP contribution is 2.28. The van der Waals surface area contributed by atoms with Crippen molar-refractivity contribution < 1.29 is 17.9 Å². The second-order valence-electron chi connectivity index (χ2n) is 4.59. The van der Waals surface area contributed by atoms with E-state index in [1.165, 1.54) is 15.6 Å². The molecular formula is C13H24N2O4S2. The van der Waals surface area contributed by atoms with Crippen LogP contribution in [0, 0.1) is 6.92 Å². The Bertz CT molecular complexity index is 520. The number of hydrogen-bond acceptors (Lipinski definition) is 6. The minimum absolute atomic E-state index is 0.320. The first-order chi connectivity index (χ1) is 9.97. The van der Waals surface area contributed by atoms with Gasteiger partial charge in [-0.1, -0.05) is 0 Å². The van der Waals surface area contributed by atoms with Gasteiger partial charge in [0.2, 0.25) is 0 Å². The van der Waals surface area contributed by atoms with E-state index in [4.69, 9.17) is 9.47 Å². The largest absolute Gasteiger partial charge is 0.383 e. The van der Waals surface area contributed by atoms with Crippen LogP contribution in [0.2, 0.25) is 0 Å². The molecule has 1 N–H and O–H groups in total. The van der Waals surface area contributed by atoms with Gasteiger partial charge >= 0.3 is 0 Å². The minimum Gasteiger partial charge on any atom is -0.383 e. The standard InChI is InChI=1S/C13H24N2O4S2/c1-11-9-13(20-12(11)10-14-2)21(16,17)15(5-7-18-3)6-8-19-4/h9,14H,5-8,10H2,1-4H3. The number of rotatable bonds is 10. The van der Waals surface area contributed by atoms with Gasteiger partial charge in [-0.25, -0.2) is 8.42 Å². The zero-order valence-corrected chi connectivity index (χ0v) is 14.6. The molecule has 0 radical (unpaired) electrons. The lowest BCUT2D eigenvalue weighted by atomic mass is 10.3. The number of thiophene rings is 1. The van der Waals surface area contributed by atoms with E-state index in [1.54, 1.807) is 20.3 Å². The van der Waals surface area contributed by atoms with Gasteiger partial charge in [-0.2, -0.15) is 4.31 Å². The van der Waals surface area contributed by atoms with E-state index in [9.17, 15) is 8.42 Å². The summed E-state index contributed by atoms with van der Waals surface area (Å²) in [7, 11) is 1.46. The van der Waals surface area contributed by atoms with Gasteiger partial charge in [0, 0.05) is 38.7 Å². The summed E-state index contributed by atoms with van der Waals surface area (Å²) in [4.78, 5) is 1.04. The molecule has 21 heavy (non-hydrogen) atoms. The number of sulfonamides is 1. The van der Waals surface area contributed by atoms with Gasteiger partial charge in [-0.15, -0.1) is 11.3 Å². The highest BCUT2D eigenvalue weighted by molar-refractivity contribution is 7.91. The number of nitrogens with one attached hydrogen (secondary N) is 1. The van der Waals surface area contributed by atoms with E-state index < -0.39 is 10.0 Å². The first-order valence-electron chi connectivity index (χ1n) is 6.69. The smallest absolute Gasteiger partial charge is 0.252 e. The molecule has 0 unspecified atom stereocenters. The van der Waals surface area contributed by atoms with Gasteiger partial charge in [0.15, 0.2) is 0 Å². The van der Waals surface area contributed by atoms with Crippen LogP contribution < -0.4 is 5.32 Å². The maximum atomic E-state index is 12.7. The Balaban J connectivity index is 3.00. The van der Waals surface area contributed by atoms with Crippen LogP contribution in [0.1, 0.15) is 10.4 Å². The Hall–Kier alpha value is -0.510. The van der Waals surface area contributed by atoms with Crippen molar-refractivity contribution in [2.45, 2.75) is 17.7 Å². The summed E-state index contributed by atoms with van der Waals surface area (Å²) in [6.45, 7) is 3.95. The lowest BCUT2D eigenvalue weighted by molar-refractivity contribution is 0.150. The van der Waals surface area contributed by atoms with Crippen molar-refractivity contribution in [1.29, 1.82) is 0 Å². The average Bonchev–Trinajstić information content (AvgIpc) is 2.81. The molecule has 122 valence electrons. The third-order valence-corrected chi connectivity index (χ3v) is 6.60. The van der Waals surface area contributed by atoms with Crippen molar-refractivity contribution in [3.05, 3.63) is 16.5 Å². The maximum Gasteiger partial charge on any atom is 0.252 e. The molecule has 0 aromatic carbocycles. The molecule has 0 amide bonds. The fourth-order valence-corrected chi connectivity index (χ4v) is 4.98. The zero-order chi connectivity index (χ0) is 15.9. The van der Waals surface area contributed by atoms with Crippen LogP contribution in [0.3, 0.4) is 0 Å². The van der Waals surface area contributed by atoms with Crippen LogP contribution in [-0.2, 0) is 26.0 Å². The summed E-state index contributed by atoms with van der Waals surface area (Å²) in [5.41, 5.74) is 0.992. The van der Waals surface area contributed by atoms with Crippen LogP contribution in [0.25, 0.3) is 0 Å². The Labute approximate surface area is 131 Å². The lowest BCUT2D eigenvalue weighted by Gasteiger charge is -2.20. The van der Waals surface area contributed by atoms with Crippen molar-refractivity contribution in [2.75, 3.05) is 47.6 Å².